The maximum absolute atomic E-state index is 11.9. The van der Waals surface area contributed by atoms with Crippen LogP contribution in [0.1, 0.15) is 13.8 Å². The molecule has 0 radical (unpaired) electrons. The third-order valence-electron chi connectivity index (χ3n) is 2.91. The van der Waals surface area contributed by atoms with Gasteiger partial charge in [-0.25, -0.2) is 4.98 Å². The molecule has 0 spiro atoms. The van der Waals surface area contributed by atoms with E-state index in [1.54, 1.807) is 0 Å². The van der Waals surface area contributed by atoms with Gasteiger partial charge >= 0.3 is 0 Å². The number of nitrogens with zero attached hydrogens (tertiary/aromatic N) is 1. The molecule has 6 heteroatoms. The molecule has 2 rings (SSSR count). The fourth-order valence-electron chi connectivity index (χ4n) is 1.62. The summed E-state index contributed by atoms with van der Waals surface area (Å²) < 4.78 is 0. The molecule has 20 heavy (non-hydrogen) atoms. The molecule has 0 aliphatic carbocycles. The fourth-order valence-corrected chi connectivity index (χ4v) is 2.56. The Labute approximate surface area is 127 Å². The number of hydrogen-bond acceptors (Lipinski definition) is 4. The molecule has 1 aromatic heterocycles. The summed E-state index contributed by atoms with van der Waals surface area (Å²) in [6.07, 6.45) is 0. The molecular weight excluding hydrogens is 294 g/mol. The van der Waals surface area contributed by atoms with Gasteiger partial charge in [-0.15, -0.1) is 11.3 Å². The summed E-state index contributed by atoms with van der Waals surface area (Å²) in [7, 11) is 0. The van der Waals surface area contributed by atoms with Crippen LogP contribution in [0.3, 0.4) is 0 Å². The Bertz CT molecular complexity index is 612. The van der Waals surface area contributed by atoms with Crippen LogP contribution in [0.25, 0.3) is 11.3 Å². The van der Waals surface area contributed by atoms with E-state index in [9.17, 15) is 4.79 Å². The highest BCUT2D eigenvalue weighted by Gasteiger charge is 2.18. The first-order chi connectivity index (χ1) is 9.49. The van der Waals surface area contributed by atoms with E-state index in [4.69, 9.17) is 17.3 Å². The monoisotopic (exact) mass is 309 g/mol. The van der Waals surface area contributed by atoms with E-state index in [-0.39, 0.29) is 11.8 Å². The second-order valence-corrected chi connectivity index (χ2v) is 6.04. The van der Waals surface area contributed by atoms with Gasteiger partial charge in [-0.1, -0.05) is 43.6 Å². The Morgan fingerprint density at radius 3 is 2.75 bits per heavy atom. The van der Waals surface area contributed by atoms with Crippen LogP contribution in [0.15, 0.2) is 29.6 Å². The predicted molar refractivity (Wildman–Crippen MR) is 84.0 cm³/mol. The SMILES string of the molecule is CC(C)[C@H](N)C(=O)Nc1nc(-c2ccccc2Cl)cs1. The molecule has 3 N–H and O–H groups in total. The number of rotatable bonds is 4. The first-order valence-electron chi connectivity index (χ1n) is 6.26. The van der Waals surface area contributed by atoms with Crippen LogP contribution in [-0.2, 0) is 4.79 Å². The molecule has 0 bridgehead atoms. The average molecular weight is 310 g/mol. The van der Waals surface area contributed by atoms with Gasteiger partial charge in [0.25, 0.3) is 0 Å². The van der Waals surface area contributed by atoms with E-state index in [0.717, 1.165) is 11.3 Å². The normalized spacial score (nSPS) is 12.4. The Morgan fingerprint density at radius 1 is 1.40 bits per heavy atom. The summed E-state index contributed by atoms with van der Waals surface area (Å²) in [5.74, 6) is -0.141. The van der Waals surface area contributed by atoms with Gasteiger partial charge in [0.2, 0.25) is 5.91 Å². The van der Waals surface area contributed by atoms with E-state index in [2.05, 4.69) is 10.3 Å². The minimum atomic E-state index is -0.539. The molecule has 1 aromatic carbocycles. The van der Waals surface area contributed by atoms with Gasteiger partial charge in [-0.2, -0.15) is 0 Å². The maximum Gasteiger partial charge on any atom is 0.243 e. The number of nitrogens with one attached hydrogen (secondary N) is 1. The third kappa shape index (κ3) is 3.36. The lowest BCUT2D eigenvalue weighted by molar-refractivity contribution is -0.118. The molecule has 0 unspecified atom stereocenters. The van der Waals surface area contributed by atoms with Crippen molar-refractivity contribution in [1.82, 2.24) is 4.98 Å². The first kappa shape index (κ1) is 15.0. The van der Waals surface area contributed by atoms with Crippen LogP contribution in [0, 0.1) is 5.92 Å². The number of benzene rings is 1. The summed E-state index contributed by atoms with van der Waals surface area (Å²) in [6.45, 7) is 3.81. The zero-order valence-corrected chi connectivity index (χ0v) is 12.8. The number of thiazole rings is 1. The minimum Gasteiger partial charge on any atom is -0.320 e. The van der Waals surface area contributed by atoms with Crippen LogP contribution >= 0.6 is 22.9 Å². The molecule has 106 valence electrons. The highest BCUT2D eigenvalue weighted by molar-refractivity contribution is 7.14. The lowest BCUT2D eigenvalue weighted by Crippen LogP contribution is -2.39. The molecule has 4 nitrogen and oxygen atoms in total. The quantitative estimate of drug-likeness (QED) is 0.909. The summed E-state index contributed by atoms with van der Waals surface area (Å²) in [6, 6.07) is 6.92. The van der Waals surface area contributed by atoms with Crippen molar-refractivity contribution >= 4 is 34.0 Å². The molecular formula is C14H16ClN3OS. The van der Waals surface area contributed by atoms with Crippen molar-refractivity contribution in [2.45, 2.75) is 19.9 Å². The van der Waals surface area contributed by atoms with Crippen molar-refractivity contribution in [3.63, 3.8) is 0 Å². The first-order valence-corrected chi connectivity index (χ1v) is 7.51. The van der Waals surface area contributed by atoms with Crippen molar-refractivity contribution in [3.05, 3.63) is 34.7 Å². The zero-order valence-electron chi connectivity index (χ0n) is 11.3. The largest absolute Gasteiger partial charge is 0.320 e. The topological polar surface area (TPSA) is 68.0 Å². The second kappa shape index (κ2) is 6.35. The van der Waals surface area contributed by atoms with Crippen molar-refractivity contribution in [2.75, 3.05) is 5.32 Å². The van der Waals surface area contributed by atoms with Crippen LogP contribution in [0.5, 0.6) is 0 Å². The third-order valence-corrected chi connectivity index (χ3v) is 3.99. The molecule has 0 saturated heterocycles. The Hall–Kier alpha value is -1.43. The molecule has 1 amide bonds. The van der Waals surface area contributed by atoms with Crippen LogP contribution in [0.4, 0.5) is 5.13 Å². The molecule has 1 atom stereocenters. The minimum absolute atomic E-state index is 0.0815. The number of nitrogens with two attached hydrogens (primary N) is 1. The van der Waals surface area contributed by atoms with E-state index in [1.807, 2.05) is 43.5 Å². The van der Waals surface area contributed by atoms with Gasteiger partial charge in [0.1, 0.15) is 0 Å². The smallest absolute Gasteiger partial charge is 0.243 e. The number of halogens is 1. The lowest BCUT2D eigenvalue weighted by Gasteiger charge is -2.13. The van der Waals surface area contributed by atoms with Gasteiger partial charge in [-0.3, -0.25) is 4.79 Å². The molecule has 0 aliphatic rings. The van der Waals surface area contributed by atoms with E-state index >= 15 is 0 Å². The van der Waals surface area contributed by atoms with Crippen molar-refractivity contribution in [3.8, 4) is 11.3 Å². The Kier molecular flexibility index (Phi) is 4.75. The van der Waals surface area contributed by atoms with Crippen molar-refractivity contribution in [1.29, 1.82) is 0 Å². The van der Waals surface area contributed by atoms with Crippen LogP contribution in [0.2, 0.25) is 5.02 Å². The van der Waals surface area contributed by atoms with Gasteiger partial charge in [0, 0.05) is 16.0 Å². The van der Waals surface area contributed by atoms with Gasteiger partial charge in [0.05, 0.1) is 11.7 Å². The second-order valence-electron chi connectivity index (χ2n) is 4.78. The van der Waals surface area contributed by atoms with Crippen LogP contribution < -0.4 is 11.1 Å². The highest BCUT2D eigenvalue weighted by atomic mass is 35.5. The summed E-state index contributed by atoms with van der Waals surface area (Å²) in [5.41, 5.74) is 7.38. The number of anilines is 1. The van der Waals surface area contributed by atoms with E-state index in [0.29, 0.717) is 10.2 Å². The fraction of sp³-hybridized carbons (Fsp3) is 0.286. The number of hydrogen-bond donors (Lipinski definition) is 2. The predicted octanol–water partition coefficient (Wildman–Crippen LogP) is 3.39. The van der Waals surface area contributed by atoms with Gasteiger partial charge in [0.15, 0.2) is 5.13 Å². The van der Waals surface area contributed by atoms with Crippen molar-refractivity contribution < 1.29 is 4.79 Å². The molecule has 1 heterocycles. The van der Waals surface area contributed by atoms with Crippen LogP contribution in [-0.4, -0.2) is 16.9 Å². The molecule has 0 aliphatic heterocycles. The highest BCUT2D eigenvalue weighted by Crippen LogP contribution is 2.30. The summed E-state index contributed by atoms with van der Waals surface area (Å²) >= 11 is 7.48. The summed E-state index contributed by atoms with van der Waals surface area (Å²) in [4.78, 5) is 16.2. The number of amides is 1. The molecule has 0 saturated carbocycles. The number of carbonyl (C=O) groups is 1. The standard InChI is InChI=1S/C14H16ClN3OS/c1-8(2)12(16)13(19)18-14-17-11(7-20-14)9-5-3-4-6-10(9)15/h3-8,12H,16H2,1-2H3,(H,17,18,19)/t12-/m0/s1. The van der Waals surface area contributed by atoms with E-state index < -0.39 is 6.04 Å². The summed E-state index contributed by atoms with van der Waals surface area (Å²) in [5, 5.41) is 5.75. The molecule has 2 aromatic rings. The number of aromatic nitrogens is 1. The Balaban J connectivity index is 2.14. The van der Waals surface area contributed by atoms with Gasteiger partial charge < -0.3 is 11.1 Å². The number of carbonyl (C=O) groups excluding carboxylic acids is 1. The van der Waals surface area contributed by atoms with Gasteiger partial charge in [-0.05, 0) is 12.0 Å². The zero-order chi connectivity index (χ0) is 14.7. The lowest BCUT2D eigenvalue weighted by atomic mass is 10.1. The average Bonchev–Trinajstić information content (AvgIpc) is 2.86. The van der Waals surface area contributed by atoms with E-state index in [1.165, 1.54) is 11.3 Å². The Morgan fingerprint density at radius 2 is 2.10 bits per heavy atom. The molecule has 0 fully saturated rings. The maximum atomic E-state index is 11.9. The van der Waals surface area contributed by atoms with Crippen molar-refractivity contribution in [2.24, 2.45) is 11.7 Å².